The van der Waals surface area contributed by atoms with E-state index < -0.39 is 0 Å². The average Bonchev–Trinajstić information content (AvgIpc) is 3.15. The quantitative estimate of drug-likeness (QED) is 0.890. The second-order valence-corrected chi connectivity index (χ2v) is 5.62. The van der Waals surface area contributed by atoms with E-state index in [1.54, 1.807) is 42.7 Å². The van der Waals surface area contributed by atoms with Gasteiger partial charge < -0.3 is 15.1 Å². The van der Waals surface area contributed by atoms with Crippen LogP contribution in [0.1, 0.15) is 12.2 Å². The molecule has 1 heterocycles. The lowest BCUT2D eigenvalue weighted by molar-refractivity contribution is -0.125. The van der Waals surface area contributed by atoms with Gasteiger partial charge in [0.25, 0.3) is 0 Å². The summed E-state index contributed by atoms with van der Waals surface area (Å²) in [4.78, 5) is 24.1. The Hall–Kier alpha value is -2.27. The van der Waals surface area contributed by atoms with Crippen LogP contribution in [-0.2, 0) is 16.1 Å². The van der Waals surface area contributed by atoms with Crippen molar-refractivity contribution >= 4 is 29.1 Å². The van der Waals surface area contributed by atoms with Crippen molar-refractivity contribution in [3.8, 4) is 0 Å². The first-order valence-corrected chi connectivity index (χ1v) is 7.38. The van der Waals surface area contributed by atoms with E-state index in [9.17, 15) is 9.59 Å². The van der Waals surface area contributed by atoms with Gasteiger partial charge in [-0.2, -0.15) is 0 Å². The molecule has 0 aliphatic heterocycles. The smallest absolute Gasteiger partial charge is 0.228 e. The molecule has 6 heteroatoms. The SMILES string of the molecule is O=C(NCc1ccco1)C1CC1C(=O)Nc1ccccc1Cl. The van der Waals surface area contributed by atoms with E-state index >= 15 is 0 Å². The van der Waals surface area contributed by atoms with E-state index in [1.807, 2.05) is 0 Å². The van der Waals surface area contributed by atoms with E-state index in [1.165, 1.54) is 0 Å². The number of hydrogen-bond donors (Lipinski definition) is 2. The molecule has 2 N–H and O–H groups in total. The lowest BCUT2D eigenvalue weighted by atomic mass is 10.2. The van der Waals surface area contributed by atoms with Crippen molar-refractivity contribution in [3.63, 3.8) is 0 Å². The molecule has 22 heavy (non-hydrogen) atoms. The Kier molecular flexibility index (Phi) is 4.15. The normalized spacial score (nSPS) is 19.5. The van der Waals surface area contributed by atoms with Gasteiger partial charge in [0.2, 0.25) is 11.8 Å². The molecule has 2 amide bonds. The molecule has 1 saturated carbocycles. The van der Waals surface area contributed by atoms with Crippen LogP contribution >= 0.6 is 11.6 Å². The number of carbonyl (C=O) groups is 2. The molecule has 1 aromatic heterocycles. The predicted molar refractivity (Wildman–Crippen MR) is 82.2 cm³/mol. The number of para-hydroxylation sites is 1. The van der Waals surface area contributed by atoms with E-state index in [4.69, 9.17) is 16.0 Å². The van der Waals surface area contributed by atoms with Crippen LogP contribution < -0.4 is 10.6 Å². The van der Waals surface area contributed by atoms with Crippen molar-refractivity contribution < 1.29 is 14.0 Å². The number of carbonyl (C=O) groups excluding carboxylic acids is 2. The Labute approximate surface area is 132 Å². The van der Waals surface area contributed by atoms with Crippen molar-refractivity contribution in [2.75, 3.05) is 5.32 Å². The summed E-state index contributed by atoms with van der Waals surface area (Å²) in [5.74, 6) is -0.196. The molecule has 0 saturated heterocycles. The zero-order valence-electron chi connectivity index (χ0n) is 11.7. The second kappa shape index (κ2) is 6.23. The Morgan fingerprint density at radius 2 is 1.91 bits per heavy atom. The van der Waals surface area contributed by atoms with Crippen molar-refractivity contribution in [3.05, 3.63) is 53.4 Å². The molecule has 2 atom stereocenters. The minimum absolute atomic E-state index is 0.129. The monoisotopic (exact) mass is 318 g/mol. The van der Waals surface area contributed by atoms with Gasteiger partial charge in [0.05, 0.1) is 35.4 Å². The maximum absolute atomic E-state index is 12.1. The van der Waals surface area contributed by atoms with Crippen LogP contribution in [0.2, 0.25) is 5.02 Å². The molecule has 1 aromatic carbocycles. The minimum Gasteiger partial charge on any atom is -0.467 e. The van der Waals surface area contributed by atoms with E-state index in [0.717, 1.165) is 0 Å². The van der Waals surface area contributed by atoms with Crippen molar-refractivity contribution in [2.45, 2.75) is 13.0 Å². The van der Waals surface area contributed by atoms with Gasteiger partial charge in [0, 0.05) is 0 Å². The topological polar surface area (TPSA) is 71.3 Å². The van der Waals surface area contributed by atoms with Gasteiger partial charge in [-0.1, -0.05) is 23.7 Å². The van der Waals surface area contributed by atoms with Gasteiger partial charge in [-0.3, -0.25) is 9.59 Å². The zero-order valence-corrected chi connectivity index (χ0v) is 12.5. The molecule has 2 unspecified atom stereocenters. The van der Waals surface area contributed by atoms with Gasteiger partial charge >= 0.3 is 0 Å². The summed E-state index contributed by atoms with van der Waals surface area (Å²) in [6, 6.07) is 10.6. The van der Waals surface area contributed by atoms with Gasteiger partial charge in [0.15, 0.2) is 0 Å². The lowest BCUT2D eigenvalue weighted by Gasteiger charge is -2.06. The number of nitrogens with one attached hydrogen (secondary N) is 2. The van der Waals surface area contributed by atoms with Crippen LogP contribution in [0.15, 0.2) is 47.1 Å². The Morgan fingerprint density at radius 1 is 1.14 bits per heavy atom. The molecular formula is C16H15ClN2O3. The summed E-state index contributed by atoms with van der Waals surface area (Å²) in [7, 11) is 0. The van der Waals surface area contributed by atoms with Crippen LogP contribution in [0.5, 0.6) is 0 Å². The fourth-order valence-corrected chi connectivity index (χ4v) is 2.46. The van der Waals surface area contributed by atoms with E-state index in [0.29, 0.717) is 29.4 Å². The summed E-state index contributed by atoms with van der Waals surface area (Å²) < 4.78 is 5.14. The van der Waals surface area contributed by atoms with Gasteiger partial charge in [-0.15, -0.1) is 0 Å². The van der Waals surface area contributed by atoms with Crippen LogP contribution in [0.25, 0.3) is 0 Å². The standard InChI is InChI=1S/C16H15ClN2O3/c17-13-5-1-2-6-14(13)19-16(21)12-8-11(12)15(20)18-9-10-4-3-7-22-10/h1-7,11-12H,8-9H2,(H,18,20)(H,19,21). The molecule has 1 aliphatic rings. The highest BCUT2D eigenvalue weighted by Gasteiger charge is 2.48. The molecule has 114 valence electrons. The van der Waals surface area contributed by atoms with Crippen molar-refractivity contribution in [1.82, 2.24) is 5.32 Å². The zero-order chi connectivity index (χ0) is 15.5. The summed E-state index contributed by atoms with van der Waals surface area (Å²) in [6.07, 6.45) is 2.11. The number of furan rings is 1. The third-order valence-corrected chi connectivity index (χ3v) is 3.94. The first-order valence-electron chi connectivity index (χ1n) is 7.00. The molecule has 5 nitrogen and oxygen atoms in total. The molecule has 0 spiro atoms. The molecule has 0 radical (unpaired) electrons. The van der Waals surface area contributed by atoms with Gasteiger partial charge in [-0.05, 0) is 30.7 Å². The van der Waals surface area contributed by atoms with Crippen LogP contribution in [0, 0.1) is 11.8 Å². The molecule has 1 aliphatic carbocycles. The van der Waals surface area contributed by atoms with Crippen LogP contribution in [-0.4, -0.2) is 11.8 Å². The molecular weight excluding hydrogens is 304 g/mol. The summed E-state index contributed by atoms with van der Waals surface area (Å²) in [5.41, 5.74) is 0.566. The number of rotatable bonds is 5. The first kappa shape index (κ1) is 14.7. The number of hydrogen-bond acceptors (Lipinski definition) is 3. The number of amides is 2. The molecule has 1 fully saturated rings. The number of halogens is 1. The third-order valence-electron chi connectivity index (χ3n) is 3.61. The number of benzene rings is 1. The highest BCUT2D eigenvalue weighted by Crippen LogP contribution is 2.40. The van der Waals surface area contributed by atoms with Crippen molar-refractivity contribution in [2.24, 2.45) is 11.8 Å². The Morgan fingerprint density at radius 3 is 2.64 bits per heavy atom. The molecule has 2 aromatic rings. The fraction of sp³-hybridized carbons (Fsp3) is 0.250. The van der Waals surface area contributed by atoms with Crippen LogP contribution in [0.3, 0.4) is 0 Å². The van der Waals surface area contributed by atoms with Gasteiger partial charge in [-0.25, -0.2) is 0 Å². The molecule has 0 bridgehead atoms. The maximum atomic E-state index is 12.1. The third kappa shape index (κ3) is 3.31. The Balaban J connectivity index is 1.50. The first-order chi connectivity index (χ1) is 10.6. The van der Waals surface area contributed by atoms with Gasteiger partial charge in [0.1, 0.15) is 5.76 Å². The second-order valence-electron chi connectivity index (χ2n) is 5.21. The maximum Gasteiger partial charge on any atom is 0.228 e. The van der Waals surface area contributed by atoms with E-state index in [-0.39, 0.29) is 23.7 Å². The van der Waals surface area contributed by atoms with E-state index in [2.05, 4.69) is 10.6 Å². The predicted octanol–water partition coefficient (Wildman–Crippen LogP) is 2.82. The van der Waals surface area contributed by atoms with Crippen molar-refractivity contribution in [1.29, 1.82) is 0 Å². The fourth-order valence-electron chi connectivity index (χ4n) is 2.28. The summed E-state index contributed by atoms with van der Waals surface area (Å²) >= 11 is 5.99. The lowest BCUT2D eigenvalue weighted by Crippen LogP contribution is -2.26. The average molecular weight is 319 g/mol. The highest BCUT2D eigenvalue weighted by molar-refractivity contribution is 6.33. The Bertz CT molecular complexity index is 684. The highest BCUT2D eigenvalue weighted by atomic mass is 35.5. The van der Waals surface area contributed by atoms with Crippen LogP contribution in [0.4, 0.5) is 5.69 Å². The molecule has 3 rings (SSSR count). The minimum atomic E-state index is -0.298. The largest absolute Gasteiger partial charge is 0.467 e. The number of anilines is 1. The summed E-state index contributed by atoms with van der Waals surface area (Å²) in [6.45, 7) is 0.335. The summed E-state index contributed by atoms with van der Waals surface area (Å²) in [5, 5.41) is 6.01.